The van der Waals surface area contributed by atoms with Gasteiger partial charge < -0.3 is 0 Å². The van der Waals surface area contributed by atoms with Gasteiger partial charge >= 0.3 is 278 Å². The Hall–Kier alpha value is 0.680. The van der Waals surface area contributed by atoms with Gasteiger partial charge in [0, 0.05) is 0 Å². The van der Waals surface area contributed by atoms with Crippen molar-refractivity contribution >= 4 is 33.9 Å². The van der Waals surface area contributed by atoms with Crippen LogP contribution in [0.25, 0.3) is 0 Å². The first-order valence-electron chi connectivity index (χ1n) is 18.6. The predicted octanol–water partition coefficient (Wildman–Crippen LogP) is 11.4. The van der Waals surface area contributed by atoms with E-state index in [1.54, 1.807) is 0 Å². The van der Waals surface area contributed by atoms with Crippen molar-refractivity contribution in [1.82, 2.24) is 0 Å². The first-order valence-corrected chi connectivity index (χ1v) is 27.3. The third-order valence-electron chi connectivity index (χ3n) is 10.1. The summed E-state index contributed by atoms with van der Waals surface area (Å²) < 4.78 is 69.5. The molecule has 0 bridgehead atoms. The van der Waals surface area contributed by atoms with Crippen LogP contribution in [0.1, 0.15) is 165 Å². The second kappa shape index (κ2) is 20.9. The Morgan fingerprint density at radius 1 is 0.386 bits per heavy atom. The van der Waals surface area contributed by atoms with Gasteiger partial charge in [-0.1, -0.05) is 0 Å². The van der Waals surface area contributed by atoms with E-state index in [1.165, 1.54) is 6.92 Å². The van der Waals surface area contributed by atoms with Gasteiger partial charge in [-0.2, -0.15) is 0 Å². The van der Waals surface area contributed by atoms with Crippen molar-refractivity contribution in [3.8, 4) is 0 Å². The molecule has 0 heterocycles. The molecule has 0 saturated carbocycles. The summed E-state index contributed by atoms with van der Waals surface area (Å²) >= 11 is 0. The van der Waals surface area contributed by atoms with Crippen molar-refractivity contribution in [2.24, 2.45) is 0 Å². The zero-order valence-corrected chi connectivity index (χ0v) is 34.1. The van der Waals surface area contributed by atoms with E-state index >= 15 is 0 Å². The fraction of sp³-hybridized carbons (Fsp3) is 1.00. The molecule has 10 heteroatoms. The minimum atomic E-state index is -4.47. The molecule has 0 aromatic carbocycles. The predicted molar refractivity (Wildman–Crippen MR) is 202 cm³/mol. The molecule has 0 unspecified atom stereocenters. The first-order chi connectivity index (χ1) is 20.7. The van der Waals surface area contributed by atoms with E-state index in [1.807, 2.05) is 0 Å². The molecule has 0 saturated heterocycles. The Labute approximate surface area is 276 Å². The maximum atomic E-state index is 14.5. The van der Waals surface area contributed by atoms with E-state index < -0.39 is 38.5 Å². The molecule has 0 N–H and O–H groups in total. The van der Waals surface area contributed by atoms with Gasteiger partial charge in [-0.3, -0.25) is 0 Å². The van der Waals surface area contributed by atoms with Crippen LogP contribution in [0.15, 0.2) is 0 Å². The quantitative estimate of drug-likeness (QED) is 0.0691. The summed E-state index contributed by atoms with van der Waals surface area (Å²) in [6.07, 6.45) is 21.0. The molecule has 6 nitrogen and oxygen atoms in total. The summed E-state index contributed by atoms with van der Waals surface area (Å²) in [6, 6.07) is 0. The molecule has 0 atom stereocenters. The molecule has 0 amide bonds. The van der Waals surface area contributed by atoms with Crippen molar-refractivity contribution in [3.63, 3.8) is 0 Å². The summed E-state index contributed by atoms with van der Waals surface area (Å²) in [5.74, 6) is 0. The Morgan fingerprint density at radius 2 is 0.545 bits per heavy atom. The van der Waals surface area contributed by atoms with Crippen LogP contribution in [-0.4, -0.2) is 70.7 Å². The summed E-state index contributed by atoms with van der Waals surface area (Å²) in [4.78, 5) is 0. The summed E-state index contributed by atoms with van der Waals surface area (Å²) in [7, 11) is -8.94. The molecule has 0 aliphatic carbocycles. The molecule has 0 radical (unpaired) electrons. The molecule has 0 aromatic heterocycles. The molecule has 0 spiro atoms. The van der Waals surface area contributed by atoms with Crippen LogP contribution >= 0.6 is 13.7 Å². The number of rotatable bonds is 30. The molecule has 0 aliphatic rings. The number of hydrogen-bond donors (Lipinski definition) is 0. The Morgan fingerprint density at radius 3 is 0.682 bits per heavy atom. The molecule has 0 aliphatic heterocycles. The number of unbranched alkanes of at least 4 members (excludes halogenated alkanes) is 8. The molecular formula is C34H76O6P2S2. The first kappa shape index (κ1) is 44.7. The second-order valence-corrected chi connectivity index (χ2v) is 29.9. The maximum absolute atomic E-state index is 14.5. The van der Waals surface area contributed by atoms with Gasteiger partial charge in [0.1, 0.15) is 0 Å². The summed E-state index contributed by atoms with van der Waals surface area (Å²) in [6.45, 7) is 11.9. The van der Waals surface area contributed by atoms with Gasteiger partial charge in [-0.25, -0.2) is 0 Å². The van der Waals surface area contributed by atoms with E-state index in [0.29, 0.717) is 0 Å². The molecular weight excluding hydrogens is 630 g/mol. The average Bonchev–Trinajstić information content (AvgIpc) is 3.00. The zero-order valence-electron chi connectivity index (χ0n) is 30.7. The van der Waals surface area contributed by atoms with Crippen LogP contribution in [0.3, 0.4) is 0 Å². The number of hydrogen-bond acceptors (Lipinski definition) is 6. The fourth-order valence-corrected chi connectivity index (χ4v) is 28.4. The molecule has 0 rings (SSSR count). The van der Waals surface area contributed by atoms with Crippen molar-refractivity contribution in [3.05, 3.63) is 0 Å². The topological polar surface area (TPSA) is 86.7 Å². The third kappa shape index (κ3) is 13.3. The zero-order chi connectivity index (χ0) is 33.9. The third-order valence-corrected chi connectivity index (χ3v) is 29.7. The van der Waals surface area contributed by atoms with Gasteiger partial charge in [0.25, 0.3) is 0 Å². The van der Waals surface area contributed by atoms with E-state index in [0.717, 1.165) is 152 Å². The van der Waals surface area contributed by atoms with E-state index in [4.69, 9.17) is 7.94 Å². The fourth-order valence-electron chi connectivity index (χ4n) is 6.96. The van der Waals surface area contributed by atoms with Crippen molar-refractivity contribution in [1.29, 1.82) is 0 Å². The second-order valence-electron chi connectivity index (χ2n) is 14.0. The van der Waals surface area contributed by atoms with Gasteiger partial charge in [-0.15, -0.1) is 0 Å². The van der Waals surface area contributed by atoms with Crippen LogP contribution in [0.2, 0.25) is 0 Å². The van der Waals surface area contributed by atoms with E-state index in [2.05, 4.69) is 55.4 Å². The van der Waals surface area contributed by atoms with Crippen LogP contribution in [-0.2, 0) is 28.2 Å². The Kier molecular flexibility index (Phi) is 21.2. The molecule has 270 valence electrons. The standard InChI is InChI=1S/C34H76O6P2S2/c1-10-18-26-41(27-19-11-2,28-20-12-3,29-21-13-4)39-43(35,36)34(9)44(37,38)40-42(30-22-14-5,31-23-15-6,32-24-16-7)33-25-17-8/h34H,10-33H2,1-9H3. The van der Waals surface area contributed by atoms with E-state index in [9.17, 15) is 16.8 Å². The summed E-state index contributed by atoms with van der Waals surface area (Å²) in [5, 5.41) is 0. The van der Waals surface area contributed by atoms with Crippen LogP contribution in [0.5, 0.6) is 0 Å². The van der Waals surface area contributed by atoms with Gasteiger partial charge in [0.05, 0.1) is 0 Å². The van der Waals surface area contributed by atoms with Crippen LogP contribution < -0.4 is 0 Å². The van der Waals surface area contributed by atoms with Crippen molar-refractivity contribution in [2.45, 2.75) is 170 Å². The normalized spacial score (nSPS) is 15.8. The Bertz CT molecular complexity index is 819. The van der Waals surface area contributed by atoms with Crippen LogP contribution in [0, 0.1) is 0 Å². The monoisotopic (exact) mass is 706 g/mol. The molecule has 44 heavy (non-hydrogen) atoms. The van der Waals surface area contributed by atoms with Gasteiger partial charge in [0.15, 0.2) is 0 Å². The van der Waals surface area contributed by atoms with Crippen molar-refractivity contribution < 1.29 is 24.8 Å². The molecule has 0 aromatic rings. The Balaban J connectivity index is 7.16. The van der Waals surface area contributed by atoms with Gasteiger partial charge in [0.2, 0.25) is 0 Å². The average molecular weight is 707 g/mol. The van der Waals surface area contributed by atoms with Crippen molar-refractivity contribution in [2.75, 3.05) is 49.3 Å². The molecule has 0 fully saturated rings. The van der Waals surface area contributed by atoms with Gasteiger partial charge in [-0.05, 0) is 0 Å². The minimum absolute atomic E-state index is 0.758. The van der Waals surface area contributed by atoms with Crippen LogP contribution in [0.4, 0.5) is 0 Å². The summed E-state index contributed by atoms with van der Waals surface area (Å²) in [5.41, 5.74) is 0. The SMILES string of the molecule is CCCCP(CCCC)(CCCC)(CCCC)OS(=O)(=O)C(C)S(=O)(=O)OP(CCCC)(CCCC)(CCCC)CCCC. The van der Waals surface area contributed by atoms with E-state index in [-0.39, 0.29) is 0 Å².